The third-order valence-corrected chi connectivity index (χ3v) is 2.95. The summed E-state index contributed by atoms with van der Waals surface area (Å²) >= 11 is 5.87. The predicted octanol–water partition coefficient (Wildman–Crippen LogP) is 2.56. The van der Waals surface area contributed by atoms with Crippen LogP contribution in [0.2, 0.25) is 0 Å². The van der Waals surface area contributed by atoms with Crippen molar-refractivity contribution in [3.8, 4) is 5.75 Å². The van der Waals surface area contributed by atoms with E-state index < -0.39 is 0 Å². The van der Waals surface area contributed by atoms with Crippen LogP contribution in [0.15, 0.2) is 18.2 Å². The van der Waals surface area contributed by atoms with Crippen LogP contribution in [0.4, 0.5) is 0 Å². The number of aliphatic hydroxyl groups is 1. The van der Waals surface area contributed by atoms with E-state index in [0.717, 1.165) is 29.0 Å². The first-order chi connectivity index (χ1) is 8.80. The van der Waals surface area contributed by atoms with Gasteiger partial charge in [-0.25, -0.2) is 4.98 Å². The predicted molar refractivity (Wildman–Crippen MR) is 72.2 cm³/mol. The van der Waals surface area contributed by atoms with E-state index in [0.29, 0.717) is 19.0 Å². The number of alkyl halides is 1. The molecule has 0 aliphatic rings. The molecule has 4 nitrogen and oxygen atoms in total. The molecule has 0 fully saturated rings. The second-order valence-corrected chi connectivity index (χ2v) is 4.30. The van der Waals surface area contributed by atoms with Crippen LogP contribution in [0.25, 0.3) is 11.0 Å². The van der Waals surface area contributed by atoms with Crippen molar-refractivity contribution >= 4 is 22.6 Å². The van der Waals surface area contributed by atoms with Crippen LogP contribution < -0.4 is 4.74 Å². The smallest absolute Gasteiger partial charge is 0.124 e. The van der Waals surface area contributed by atoms with Crippen LogP contribution >= 0.6 is 11.6 Å². The van der Waals surface area contributed by atoms with E-state index in [4.69, 9.17) is 21.4 Å². The quantitative estimate of drug-likeness (QED) is 0.819. The first kappa shape index (κ1) is 13.2. The van der Waals surface area contributed by atoms with Gasteiger partial charge in [-0.15, -0.1) is 11.6 Å². The van der Waals surface area contributed by atoms with Crippen LogP contribution in [0.5, 0.6) is 5.75 Å². The highest BCUT2D eigenvalue weighted by Gasteiger charge is 2.10. The van der Waals surface area contributed by atoms with E-state index in [2.05, 4.69) is 11.9 Å². The van der Waals surface area contributed by atoms with Crippen molar-refractivity contribution < 1.29 is 9.84 Å². The zero-order chi connectivity index (χ0) is 13.0. The molecule has 1 aromatic carbocycles. The van der Waals surface area contributed by atoms with Gasteiger partial charge in [0.15, 0.2) is 0 Å². The molecule has 0 spiro atoms. The normalized spacial score (nSPS) is 11.1. The number of aliphatic hydroxyl groups excluding tert-OH is 1. The fourth-order valence-corrected chi connectivity index (χ4v) is 2.12. The minimum atomic E-state index is 0.0729. The Balaban J connectivity index is 2.38. The molecule has 1 heterocycles. The molecule has 0 unspecified atom stereocenters. The van der Waals surface area contributed by atoms with E-state index in [9.17, 15) is 0 Å². The number of fused-ring (bicyclic) bond motifs is 1. The first-order valence-electron chi connectivity index (χ1n) is 6.09. The number of aromatic nitrogens is 2. The van der Waals surface area contributed by atoms with Crippen LogP contribution in [-0.4, -0.2) is 27.9 Å². The molecule has 98 valence electrons. The van der Waals surface area contributed by atoms with Crippen molar-refractivity contribution in [1.29, 1.82) is 0 Å². The maximum Gasteiger partial charge on any atom is 0.124 e. The average Bonchev–Trinajstić information content (AvgIpc) is 2.74. The maximum absolute atomic E-state index is 9.07. The lowest BCUT2D eigenvalue weighted by atomic mass is 10.3. The molecule has 0 saturated carbocycles. The number of nitrogens with zero attached hydrogens (tertiary/aromatic N) is 2. The van der Waals surface area contributed by atoms with Crippen molar-refractivity contribution in [1.82, 2.24) is 9.55 Å². The Morgan fingerprint density at radius 1 is 1.44 bits per heavy atom. The van der Waals surface area contributed by atoms with Gasteiger partial charge < -0.3 is 14.4 Å². The fourth-order valence-electron chi connectivity index (χ4n) is 1.92. The second-order valence-electron chi connectivity index (χ2n) is 4.04. The summed E-state index contributed by atoms with van der Waals surface area (Å²) in [6, 6.07) is 5.79. The molecule has 18 heavy (non-hydrogen) atoms. The molecule has 0 bridgehead atoms. The van der Waals surface area contributed by atoms with Crippen LogP contribution in [-0.2, 0) is 12.4 Å². The molecular formula is C13H17ClN2O2. The number of hydrogen-bond acceptors (Lipinski definition) is 3. The first-order valence-corrected chi connectivity index (χ1v) is 6.62. The maximum atomic E-state index is 9.07. The van der Waals surface area contributed by atoms with Crippen molar-refractivity contribution in [2.75, 3.05) is 13.2 Å². The summed E-state index contributed by atoms with van der Waals surface area (Å²) in [6.07, 6.45) is 0.976. The summed E-state index contributed by atoms with van der Waals surface area (Å²) in [5.41, 5.74) is 1.83. The second kappa shape index (κ2) is 6.07. The highest BCUT2D eigenvalue weighted by Crippen LogP contribution is 2.22. The SMILES string of the molecule is CCCOc1ccc2c(c1)nc(CCl)n2CCO. The molecule has 1 aromatic heterocycles. The van der Waals surface area contributed by atoms with Crippen LogP contribution in [0, 0.1) is 0 Å². The lowest BCUT2D eigenvalue weighted by Gasteiger charge is -2.06. The summed E-state index contributed by atoms with van der Waals surface area (Å²) in [6.45, 7) is 3.35. The van der Waals surface area contributed by atoms with Crippen LogP contribution in [0.1, 0.15) is 19.2 Å². The fraction of sp³-hybridized carbons (Fsp3) is 0.462. The Labute approximate surface area is 111 Å². The number of ether oxygens (including phenoxy) is 1. The number of benzene rings is 1. The summed E-state index contributed by atoms with van der Waals surface area (Å²) in [4.78, 5) is 4.46. The van der Waals surface area contributed by atoms with E-state index in [1.807, 2.05) is 22.8 Å². The van der Waals surface area contributed by atoms with E-state index in [1.54, 1.807) is 0 Å². The lowest BCUT2D eigenvalue weighted by molar-refractivity contribution is 0.276. The highest BCUT2D eigenvalue weighted by atomic mass is 35.5. The third-order valence-electron chi connectivity index (χ3n) is 2.71. The van der Waals surface area contributed by atoms with Gasteiger partial charge in [0.05, 0.1) is 30.1 Å². The summed E-state index contributed by atoms with van der Waals surface area (Å²) in [7, 11) is 0. The lowest BCUT2D eigenvalue weighted by Crippen LogP contribution is -2.05. The molecule has 0 aliphatic carbocycles. The minimum absolute atomic E-state index is 0.0729. The summed E-state index contributed by atoms with van der Waals surface area (Å²) < 4.78 is 7.51. The molecule has 2 rings (SSSR count). The molecule has 2 aromatic rings. The third kappa shape index (κ3) is 2.60. The van der Waals surface area contributed by atoms with Gasteiger partial charge in [-0.2, -0.15) is 0 Å². The highest BCUT2D eigenvalue weighted by molar-refractivity contribution is 6.16. The standard InChI is InChI=1S/C13H17ClN2O2/c1-2-7-18-10-3-4-12-11(8-10)15-13(9-14)16(12)5-6-17/h3-4,8,17H,2,5-7,9H2,1H3. The summed E-state index contributed by atoms with van der Waals surface area (Å²) in [5.74, 6) is 1.92. The molecule has 0 radical (unpaired) electrons. The Kier molecular flexibility index (Phi) is 4.44. The van der Waals surface area contributed by atoms with Gasteiger partial charge in [0.25, 0.3) is 0 Å². The van der Waals surface area contributed by atoms with Crippen LogP contribution in [0.3, 0.4) is 0 Å². The molecule has 1 N–H and O–H groups in total. The van der Waals surface area contributed by atoms with Crippen molar-refractivity contribution in [3.63, 3.8) is 0 Å². The molecular weight excluding hydrogens is 252 g/mol. The molecule has 0 saturated heterocycles. The number of hydrogen-bond donors (Lipinski definition) is 1. The Morgan fingerprint density at radius 3 is 2.94 bits per heavy atom. The average molecular weight is 269 g/mol. The molecule has 0 amide bonds. The monoisotopic (exact) mass is 268 g/mol. The van der Waals surface area contributed by atoms with Gasteiger partial charge in [0.2, 0.25) is 0 Å². The van der Waals surface area contributed by atoms with Gasteiger partial charge >= 0.3 is 0 Å². The number of imidazole rings is 1. The van der Waals surface area contributed by atoms with Gasteiger partial charge in [-0.05, 0) is 18.6 Å². The largest absolute Gasteiger partial charge is 0.494 e. The number of rotatable bonds is 6. The van der Waals surface area contributed by atoms with Gasteiger partial charge in [0, 0.05) is 12.6 Å². The van der Waals surface area contributed by atoms with Crippen molar-refractivity contribution in [2.45, 2.75) is 25.8 Å². The van der Waals surface area contributed by atoms with Gasteiger partial charge in [-0.3, -0.25) is 0 Å². The van der Waals surface area contributed by atoms with E-state index in [-0.39, 0.29) is 6.61 Å². The Morgan fingerprint density at radius 2 is 2.28 bits per heavy atom. The topological polar surface area (TPSA) is 47.3 Å². The van der Waals surface area contributed by atoms with Gasteiger partial charge in [-0.1, -0.05) is 6.92 Å². The molecule has 0 atom stereocenters. The number of halogens is 1. The zero-order valence-electron chi connectivity index (χ0n) is 10.4. The molecule has 5 heteroatoms. The van der Waals surface area contributed by atoms with E-state index >= 15 is 0 Å². The van der Waals surface area contributed by atoms with Crippen molar-refractivity contribution in [3.05, 3.63) is 24.0 Å². The van der Waals surface area contributed by atoms with Crippen molar-refractivity contribution in [2.24, 2.45) is 0 Å². The Hall–Kier alpha value is -1.26. The zero-order valence-corrected chi connectivity index (χ0v) is 11.2. The minimum Gasteiger partial charge on any atom is -0.494 e. The Bertz CT molecular complexity index is 525. The summed E-state index contributed by atoms with van der Waals surface area (Å²) in [5, 5.41) is 9.07. The van der Waals surface area contributed by atoms with Gasteiger partial charge in [0.1, 0.15) is 11.6 Å². The molecule has 0 aliphatic heterocycles. The van der Waals surface area contributed by atoms with E-state index in [1.165, 1.54) is 0 Å².